The molecule has 35 heavy (non-hydrogen) atoms. The van der Waals surface area contributed by atoms with Crippen molar-refractivity contribution in [1.82, 2.24) is 0 Å². The van der Waals surface area contributed by atoms with Gasteiger partial charge >= 0.3 is 5.97 Å². The molecule has 1 unspecified atom stereocenters. The zero-order valence-electron chi connectivity index (χ0n) is 18.4. The lowest BCUT2D eigenvalue weighted by molar-refractivity contribution is -0.384. The van der Waals surface area contributed by atoms with E-state index < -0.39 is 16.8 Å². The van der Waals surface area contributed by atoms with Gasteiger partial charge in [-0.1, -0.05) is 35.9 Å². The fourth-order valence-electron chi connectivity index (χ4n) is 3.77. The number of nitro benzene ring substituents is 1. The molecule has 0 saturated heterocycles. The maximum absolute atomic E-state index is 12.7. The van der Waals surface area contributed by atoms with E-state index in [0.717, 1.165) is 11.6 Å². The van der Waals surface area contributed by atoms with E-state index in [9.17, 15) is 20.2 Å². The van der Waals surface area contributed by atoms with Gasteiger partial charge in [-0.15, -0.1) is 0 Å². The van der Waals surface area contributed by atoms with Crippen LogP contribution in [0.5, 0.6) is 17.2 Å². The van der Waals surface area contributed by atoms with E-state index in [-0.39, 0.29) is 39.2 Å². The van der Waals surface area contributed by atoms with Gasteiger partial charge in [-0.25, -0.2) is 4.79 Å². The average molecular weight is 492 g/mol. The summed E-state index contributed by atoms with van der Waals surface area (Å²) in [7, 11) is 0. The molecule has 3 aromatic carbocycles. The molecular weight excluding hydrogens is 474 g/mol. The SMILES string of the molecule is CCOc1ccccc1C1C(C#N)=C(N)Oc2cc(OC(=O)c3cc([N+](=O)[O-])ccc3Cl)ccc21. The molecule has 0 amide bonds. The summed E-state index contributed by atoms with van der Waals surface area (Å²) in [5.74, 6) is -0.545. The van der Waals surface area contributed by atoms with Gasteiger partial charge in [0.05, 0.1) is 28.0 Å². The number of carbonyl (C=O) groups excluding carboxylic acids is 1. The number of rotatable bonds is 6. The summed E-state index contributed by atoms with van der Waals surface area (Å²) in [5, 5.41) is 20.8. The van der Waals surface area contributed by atoms with Gasteiger partial charge in [0.25, 0.3) is 5.69 Å². The van der Waals surface area contributed by atoms with Crippen molar-refractivity contribution in [2.24, 2.45) is 5.73 Å². The maximum atomic E-state index is 12.7. The number of nitrogens with two attached hydrogens (primary N) is 1. The minimum absolute atomic E-state index is 0.00763. The highest BCUT2D eigenvalue weighted by molar-refractivity contribution is 6.33. The Morgan fingerprint density at radius 2 is 1.97 bits per heavy atom. The number of hydrogen-bond acceptors (Lipinski definition) is 8. The van der Waals surface area contributed by atoms with E-state index in [0.29, 0.717) is 17.9 Å². The summed E-state index contributed by atoms with van der Waals surface area (Å²) in [5.41, 5.74) is 7.18. The summed E-state index contributed by atoms with van der Waals surface area (Å²) < 4.78 is 16.8. The van der Waals surface area contributed by atoms with Crippen LogP contribution in [-0.4, -0.2) is 17.5 Å². The number of nitriles is 1. The Balaban J connectivity index is 1.71. The van der Waals surface area contributed by atoms with E-state index in [1.807, 2.05) is 25.1 Å². The monoisotopic (exact) mass is 491 g/mol. The van der Waals surface area contributed by atoms with Crippen LogP contribution in [0, 0.1) is 21.4 Å². The first-order valence-electron chi connectivity index (χ1n) is 10.4. The van der Waals surface area contributed by atoms with E-state index in [2.05, 4.69) is 6.07 Å². The van der Waals surface area contributed by atoms with Gasteiger partial charge in [0, 0.05) is 29.3 Å². The van der Waals surface area contributed by atoms with Crippen molar-refractivity contribution in [3.8, 4) is 23.3 Å². The van der Waals surface area contributed by atoms with Crippen LogP contribution in [0.2, 0.25) is 5.02 Å². The van der Waals surface area contributed by atoms with Gasteiger partial charge in [0.1, 0.15) is 28.9 Å². The van der Waals surface area contributed by atoms with Gasteiger partial charge in [-0.05, 0) is 25.1 Å². The summed E-state index contributed by atoms with van der Waals surface area (Å²) in [6.45, 7) is 2.29. The molecule has 1 aliphatic heterocycles. The first-order valence-corrected chi connectivity index (χ1v) is 10.8. The molecule has 2 N–H and O–H groups in total. The second-order valence-corrected chi connectivity index (χ2v) is 7.81. The third-order valence-corrected chi connectivity index (χ3v) is 5.64. The highest BCUT2D eigenvalue weighted by Gasteiger charge is 2.33. The van der Waals surface area contributed by atoms with Crippen molar-refractivity contribution in [3.05, 3.63) is 104 Å². The van der Waals surface area contributed by atoms with E-state index in [1.54, 1.807) is 12.1 Å². The first-order chi connectivity index (χ1) is 16.8. The van der Waals surface area contributed by atoms with Crippen LogP contribution >= 0.6 is 11.6 Å². The number of non-ortho nitro benzene ring substituents is 1. The molecule has 0 radical (unpaired) electrons. The van der Waals surface area contributed by atoms with Crippen LogP contribution in [-0.2, 0) is 0 Å². The third-order valence-electron chi connectivity index (χ3n) is 5.31. The quantitative estimate of drug-likeness (QED) is 0.218. The van der Waals surface area contributed by atoms with Crippen LogP contribution in [0.15, 0.2) is 72.1 Å². The molecule has 4 rings (SSSR count). The average Bonchev–Trinajstić information content (AvgIpc) is 2.83. The van der Waals surface area contributed by atoms with E-state index in [1.165, 1.54) is 24.3 Å². The Morgan fingerprint density at radius 1 is 1.20 bits per heavy atom. The number of benzene rings is 3. The predicted octanol–water partition coefficient (Wildman–Crippen LogP) is 5.08. The Kier molecular flexibility index (Phi) is 6.57. The fraction of sp³-hybridized carbons (Fsp3) is 0.120. The van der Waals surface area contributed by atoms with Gasteiger partial charge in [-0.3, -0.25) is 10.1 Å². The molecule has 176 valence electrons. The van der Waals surface area contributed by atoms with Crippen LogP contribution in [0.25, 0.3) is 0 Å². The largest absolute Gasteiger partial charge is 0.494 e. The Hall–Kier alpha value is -4.55. The lowest BCUT2D eigenvalue weighted by atomic mass is 9.83. The Bertz CT molecular complexity index is 1410. The van der Waals surface area contributed by atoms with Crippen molar-refractivity contribution in [3.63, 3.8) is 0 Å². The summed E-state index contributed by atoms with van der Waals surface area (Å²) in [6.07, 6.45) is 0. The van der Waals surface area contributed by atoms with Gasteiger partial charge < -0.3 is 19.9 Å². The Morgan fingerprint density at radius 3 is 2.69 bits per heavy atom. The molecule has 0 fully saturated rings. The topological polar surface area (TPSA) is 138 Å². The van der Waals surface area contributed by atoms with Crippen LogP contribution in [0.4, 0.5) is 5.69 Å². The second kappa shape index (κ2) is 9.75. The fourth-order valence-corrected chi connectivity index (χ4v) is 3.96. The molecular formula is C25H18ClN3O6. The van der Waals surface area contributed by atoms with E-state index in [4.69, 9.17) is 31.5 Å². The van der Waals surface area contributed by atoms with E-state index >= 15 is 0 Å². The number of fused-ring (bicyclic) bond motifs is 1. The summed E-state index contributed by atoms with van der Waals surface area (Å²) >= 11 is 6.04. The molecule has 0 aromatic heterocycles. The van der Waals surface area contributed by atoms with Gasteiger partial charge in [0.15, 0.2) is 0 Å². The molecule has 0 saturated carbocycles. The highest BCUT2D eigenvalue weighted by atomic mass is 35.5. The molecule has 0 aliphatic carbocycles. The number of ether oxygens (including phenoxy) is 3. The summed E-state index contributed by atoms with van der Waals surface area (Å²) in [6, 6.07) is 17.5. The number of para-hydroxylation sites is 1. The van der Waals surface area contributed by atoms with Crippen LogP contribution in [0.3, 0.4) is 0 Å². The Labute approximate surface area is 205 Å². The molecule has 0 spiro atoms. The van der Waals surface area contributed by atoms with Gasteiger partial charge in [0.2, 0.25) is 5.88 Å². The number of nitro groups is 1. The van der Waals surface area contributed by atoms with Crippen LogP contribution in [0.1, 0.15) is 34.3 Å². The predicted molar refractivity (Wildman–Crippen MR) is 126 cm³/mol. The zero-order valence-corrected chi connectivity index (χ0v) is 19.1. The maximum Gasteiger partial charge on any atom is 0.345 e. The smallest absolute Gasteiger partial charge is 0.345 e. The standard InChI is InChI=1S/C25H18ClN3O6/c1-2-33-21-6-4-3-5-16(21)23-17-9-8-15(12-22(17)35-24(28)19(23)13-27)34-25(30)18-11-14(29(31)32)7-10-20(18)26/h3-12,23H,2,28H2,1H3. The number of halogens is 1. The zero-order chi connectivity index (χ0) is 25.1. The molecule has 0 bridgehead atoms. The second-order valence-electron chi connectivity index (χ2n) is 7.41. The molecule has 9 nitrogen and oxygen atoms in total. The molecule has 10 heteroatoms. The highest BCUT2D eigenvalue weighted by Crippen LogP contribution is 2.46. The number of nitrogens with zero attached hydrogens (tertiary/aromatic N) is 2. The number of allylic oxidation sites excluding steroid dienone is 1. The minimum atomic E-state index is -0.881. The van der Waals surface area contributed by atoms with Crippen LogP contribution < -0.4 is 19.9 Å². The summed E-state index contributed by atoms with van der Waals surface area (Å²) in [4.78, 5) is 23.1. The lowest BCUT2D eigenvalue weighted by Crippen LogP contribution is -2.21. The van der Waals surface area contributed by atoms with Crippen molar-refractivity contribution >= 4 is 23.3 Å². The number of carbonyl (C=O) groups is 1. The third kappa shape index (κ3) is 4.60. The minimum Gasteiger partial charge on any atom is -0.494 e. The van der Waals surface area contributed by atoms with Gasteiger partial charge in [-0.2, -0.15) is 5.26 Å². The molecule has 1 heterocycles. The molecule has 1 atom stereocenters. The van der Waals surface area contributed by atoms with Crippen molar-refractivity contribution in [1.29, 1.82) is 5.26 Å². The van der Waals surface area contributed by atoms with Crippen molar-refractivity contribution in [2.45, 2.75) is 12.8 Å². The van der Waals surface area contributed by atoms with Crippen molar-refractivity contribution in [2.75, 3.05) is 6.61 Å². The molecule has 1 aliphatic rings. The number of hydrogen-bond donors (Lipinski definition) is 1. The molecule has 3 aromatic rings. The number of esters is 1. The lowest BCUT2D eigenvalue weighted by Gasteiger charge is -2.27. The first kappa shape index (κ1) is 23.6. The normalized spacial score (nSPS) is 14.4. The van der Waals surface area contributed by atoms with Crippen molar-refractivity contribution < 1.29 is 23.9 Å².